The van der Waals surface area contributed by atoms with Crippen molar-refractivity contribution in [2.45, 2.75) is 34.1 Å². The van der Waals surface area contributed by atoms with E-state index in [1.165, 1.54) is 5.69 Å². The zero-order valence-electron chi connectivity index (χ0n) is 8.39. The highest BCUT2D eigenvalue weighted by atomic mass is 14.9. The summed E-state index contributed by atoms with van der Waals surface area (Å²) in [4.78, 5) is 7.13. The van der Waals surface area contributed by atoms with Crippen LogP contribution in [-0.2, 0) is 6.42 Å². The van der Waals surface area contributed by atoms with Crippen molar-refractivity contribution in [1.29, 1.82) is 0 Å². The van der Waals surface area contributed by atoms with Crippen LogP contribution in [0.2, 0.25) is 0 Å². The summed E-state index contributed by atoms with van der Waals surface area (Å²) in [5.41, 5.74) is 1.61. The van der Waals surface area contributed by atoms with Gasteiger partial charge in [0, 0.05) is 11.9 Å². The van der Waals surface area contributed by atoms with Gasteiger partial charge in [0.15, 0.2) is 0 Å². The van der Waals surface area contributed by atoms with E-state index in [2.05, 4.69) is 37.7 Å². The average Bonchev–Trinajstić information content (AvgIpc) is 2.37. The van der Waals surface area contributed by atoms with Crippen LogP contribution >= 0.6 is 0 Å². The number of aromatic nitrogens is 2. The molecule has 0 saturated carbocycles. The standard InChI is InChI=1S/C10H18N2/c1-8(10(2,3)4)5-9-6-11-7-12-9/h6-8H,5H2,1-4H3,(H,11,12)/t8-/m0/s1. The minimum absolute atomic E-state index is 0.380. The van der Waals surface area contributed by atoms with E-state index in [0.29, 0.717) is 11.3 Å². The fraction of sp³-hybridized carbons (Fsp3) is 0.700. The number of nitrogens with one attached hydrogen (secondary N) is 1. The molecule has 1 rings (SSSR count). The molecule has 12 heavy (non-hydrogen) atoms. The second-order valence-corrected chi connectivity index (χ2v) is 4.55. The van der Waals surface area contributed by atoms with Gasteiger partial charge in [0.1, 0.15) is 0 Å². The van der Waals surface area contributed by atoms with E-state index in [0.717, 1.165) is 6.42 Å². The van der Waals surface area contributed by atoms with E-state index in [4.69, 9.17) is 0 Å². The molecule has 1 heterocycles. The van der Waals surface area contributed by atoms with Gasteiger partial charge >= 0.3 is 0 Å². The Balaban J connectivity index is 2.53. The quantitative estimate of drug-likeness (QED) is 0.719. The molecular formula is C10H18N2. The van der Waals surface area contributed by atoms with E-state index in [-0.39, 0.29) is 0 Å². The number of H-pyrrole nitrogens is 1. The Kier molecular flexibility index (Phi) is 2.55. The summed E-state index contributed by atoms with van der Waals surface area (Å²) in [6, 6.07) is 0. The molecule has 1 atom stereocenters. The molecule has 0 amide bonds. The predicted molar refractivity (Wildman–Crippen MR) is 50.9 cm³/mol. The van der Waals surface area contributed by atoms with Crippen LogP contribution in [0.3, 0.4) is 0 Å². The minimum atomic E-state index is 0.380. The lowest BCUT2D eigenvalue weighted by Gasteiger charge is -2.26. The first kappa shape index (κ1) is 9.30. The fourth-order valence-corrected chi connectivity index (χ4v) is 1.03. The number of aromatic amines is 1. The number of nitrogens with zero attached hydrogens (tertiary/aromatic N) is 1. The van der Waals surface area contributed by atoms with Crippen molar-refractivity contribution in [2.75, 3.05) is 0 Å². The van der Waals surface area contributed by atoms with Gasteiger partial charge < -0.3 is 4.98 Å². The molecule has 0 unspecified atom stereocenters. The molecule has 0 fully saturated rings. The van der Waals surface area contributed by atoms with Gasteiger partial charge in [-0.1, -0.05) is 27.7 Å². The Morgan fingerprint density at radius 1 is 1.50 bits per heavy atom. The van der Waals surface area contributed by atoms with Crippen LogP contribution in [0.1, 0.15) is 33.4 Å². The number of hydrogen-bond donors (Lipinski definition) is 1. The summed E-state index contributed by atoms with van der Waals surface area (Å²) in [6.07, 6.45) is 4.73. The second kappa shape index (κ2) is 3.30. The molecule has 1 aromatic rings. The smallest absolute Gasteiger partial charge is 0.0921 e. The molecule has 1 N–H and O–H groups in total. The maximum atomic E-state index is 4.00. The molecule has 0 spiro atoms. The summed E-state index contributed by atoms with van der Waals surface area (Å²) in [7, 11) is 0. The number of hydrogen-bond acceptors (Lipinski definition) is 1. The Bertz CT molecular complexity index is 218. The molecule has 0 aliphatic heterocycles. The van der Waals surface area contributed by atoms with Crippen molar-refractivity contribution < 1.29 is 0 Å². The van der Waals surface area contributed by atoms with Crippen molar-refractivity contribution >= 4 is 0 Å². The van der Waals surface area contributed by atoms with Crippen molar-refractivity contribution in [3.8, 4) is 0 Å². The van der Waals surface area contributed by atoms with E-state index in [1.807, 2.05) is 6.20 Å². The van der Waals surface area contributed by atoms with Gasteiger partial charge in [-0.25, -0.2) is 4.98 Å². The first-order valence-corrected chi connectivity index (χ1v) is 4.47. The van der Waals surface area contributed by atoms with Crippen molar-refractivity contribution in [1.82, 2.24) is 9.97 Å². The maximum Gasteiger partial charge on any atom is 0.0921 e. The molecule has 0 radical (unpaired) electrons. The maximum absolute atomic E-state index is 4.00. The zero-order valence-corrected chi connectivity index (χ0v) is 8.39. The Labute approximate surface area is 74.4 Å². The Morgan fingerprint density at radius 3 is 2.58 bits per heavy atom. The van der Waals surface area contributed by atoms with Gasteiger partial charge in [0.05, 0.1) is 6.33 Å². The minimum Gasteiger partial charge on any atom is -0.348 e. The van der Waals surface area contributed by atoms with Crippen molar-refractivity contribution in [2.24, 2.45) is 11.3 Å². The molecular weight excluding hydrogens is 148 g/mol. The third-order valence-electron chi connectivity index (χ3n) is 2.56. The fourth-order valence-electron chi connectivity index (χ4n) is 1.03. The van der Waals surface area contributed by atoms with E-state index < -0.39 is 0 Å². The lowest BCUT2D eigenvalue weighted by Crippen LogP contribution is -2.19. The average molecular weight is 166 g/mol. The third-order valence-corrected chi connectivity index (χ3v) is 2.56. The Morgan fingerprint density at radius 2 is 2.17 bits per heavy atom. The highest BCUT2D eigenvalue weighted by Gasteiger charge is 2.20. The van der Waals surface area contributed by atoms with Crippen LogP contribution < -0.4 is 0 Å². The molecule has 0 saturated heterocycles. The molecule has 68 valence electrons. The lowest BCUT2D eigenvalue weighted by molar-refractivity contribution is 0.259. The third kappa shape index (κ3) is 2.36. The molecule has 2 nitrogen and oxygen atoms in total. The van der Waals surface area contributed by atoms with Crippen LogP contribution in [0, 0.1) is 11.3 Å². The van der Waals surface area contributed by atoms with Crippen LogP contribution in [0.15, 0.2) is 12.5 Å². The van der Waals surface area contributed by atoms with E-state index in [1.54, 1.807) is 6.33 Å². The van der Waals surface area contributed by atoms with Crippen LogP contribution in [0.4, 0.5) is 0 Å². The lowest BCUT2D eigenvalue weighted by atomic mass is 9.79. The normalized spacial score (nSPS) is 14.7. The monoisotopic (exact) mass is 166 g/mol. The topological polar surface area (TPSA) is 28.7 Å². The second-order valence-electron chi connectivity index (χ2n) is 4.55. The summed E-state index contributed by atoms with van der Waals surface area (Å²) < 4.78 is 0. The van der Waals surface area contributed by atoms with Gasteiger partial charge in [0.2, 0.25) is 0 Å². The highest BCUT2D eigenvalue weighted by Crippen LogP contribution is 2.27. The molecule has 0 aliphatic carbocycles. The first-order valence-electron chi connectivity index (χ1n) is 4.47. The van der Waals surface area contributed by atoms with Crippen molar-refractivity contribution in [3.05, 3.63) is 18.2 Å². The zero-order chi connectivity index (χ0) is 9.19. The van der Waals surface area contributed by atoms with Gasteiger partial charge in [-0.05, 0) is 17.8 Å². The summed E-state index contributed by atoms with van der Waals surface area (Å²) in [5, 5.41) is 0. The van der Waals surface area contributed by atoms with Gasteiger partial charge in [-0.3, -0.25) is 0 Å². The molecule has 0 aliphatic rings. The summed E-state index contributed by atoms with van der Waals surface area (Å²) >= 11 is 0. The molecule has 1 aromatic heterocycles. The summed E-state index contributed by atoms with van der Waals surface area (Å²) in [5.74, 6) is 0.679. The van der Waals surface area contributed by atoms with Crippen LogP contribution in [0.5, 0.6) is 0 Å². The van der Waals surface area contributed by atoms with Gasteiger partial charge in [0.25, 0.3) is 0 Å². The molecule has 0 bridgehead atoms. The number of rotatable bonds is 2. The Hall–Kier alpha value is -0.790. The number of imidazole rings is 1. The first-order chi connectivity index (χ1) is 5.50. The SMILES string of the molecule is C[C@@H](Cc1cnc[nH]1)C(C)(C)C. The molecule has 0 aromatic carbocycles. The van der Waals surface area contributed by atoms with Crippen LogP contribution in [-0.4, -0.2) is 9.97 Å². The van der Waals surface area contributed by atoms with Crippen molar-refractivity contribution in [3.63, 3.8) is 0 Å². The van der Waals surface area contributed by atoms with Crippen LogP contribution in [0.25, 0.3) is 0 Å². The largest absolute Gasteiger partial charge is 0.348 e. The highest BCUT2D eigenvalue weighted by molar-refractivity contribution is 4.96. The predicted octanol–water partition coefficient (Wildman–Crippen LogP) is 2.63. The molecule has 2 heteroatoms. The summed E-state index contributed by atoms with van der Waals surface area (Å²) in [6.45, 7) is 9.09. The van der Waals surface area contributed by atoms with E-state index >= 15 is 0 Å². The van der Waals surface area contributed by atoms with E-state index in [9.17, 15) is 0 Å². The van der Waals surface area contributed by atoms with Gasteiger partial charge in [-0.2, -0.15) is 0 Å². The van der Waals surface area contributed by atoms with Gasteiger partial charge in [-0.15, -0.1) is 0 Å².